The van der Waals surface area contributed by atoms with E-state index in [0.29, 0.717) is 18.0 Å². The van der Waals surface area contributed by atoms with E-state index in [0.717, 1.165) is 30.5 Å². The number of amides is 1. The topological polar surface area (TPSA) is 92.3 Å². The van der Waals surface area contributed by atoms with E-state index in [1.807, 2.05) is 6.92 Å². The summed E-state index contributed by atoms with van der Waals surface area (Å²) in [5.74, 6) is 0.0847. The summed E-state index contributed by atoms with van der Waals surface area (Å²) >= 11 is 1.18. The minimum absolute atomic E-state index is 0.0847. The van der Waals surface area contributed by atoms with Crippen molar-refractivity contribution in [2.45, 2.75) is 44.4 Å². The average molecular weight is 380 g/mol. The van der Waals surface area contributed by atoms with E-state index in [1.54, 1.807) is 24.0 Å². The lowest BCUT2D eigenvalue weighted by atomic mass is 10.0. The van der Waals surface area contributed by atoms with Crippen LogP contribution >= 0.6 is 11.3 Å². The normalized spacial score (nSPS) is 14.2. The Morgan fingerprint density at radius 2 is 2.16 bits per heavy atom. The zero-order valence-corrected chi connectivity index (χ0v) is 15.8. The Kier molecular flexibility index (Phi) is 5.05. The molecule has 0 bridgehead atoms. The molecule has 0 aliphatic carbocycles. The number of hydrogen-bond donors (Lipinski definition) is 1. The zero-order valence-electron chi connectivity index (χ0n) is 14.2. The second-order valence-corrected chi connectivity index (χ2v) is 8.79. The standard InChI is InChI=1S/C16H20N4O3S2/c1-3-5-15(21)20-9-4-6-12-10-13(7-8-14(12)20)25(22,23)19-16-18-17-11(2)24-16/h7-8,10H,3-6,9H2,1-2H3,(H,18,19). The second kappa shape index (κ2) is 7.09. The van der Waals surface area contributed by atoms with E-state index < -0.39 is 10.0 Å². The molecule has 2 aromatic rings. The molecule has 1 aromatic carbocycles. The van der Waals surface area contributed by atoms with Crippen LogP contribution in [0.4, 0.5) is 10.8 Å². The van der Waals surface area contributed by atoms with Gasteiger partial charge >= 0.3 is 0 Å². The maximum absolute atomic E-state index is 12.6. The van der Waals surface area contributed by atoms with Crippen molar-refractivity contribution in [3.05, 3.63) is 28.8 Å². The number of aromatic nitrogens is 2. The minimum atomic E-state index is -3.73. The predicted octanol–water partition coefficient (Wildman–Crippen LogP) is 2.73. The van der Waals surface area contributed by atoms with E-state index in [1.165, 1.54) is 17.4 Å². The van der Waals surface area contributed by atoms with Crippen LogP contribution < -0.4 is 9.62 Å². The monoisotopic (exact) mass is 380 g/mol. The molecule has 2 heterocycles. The Morgan fingerprint density at radius 3 is 2.84 bits per heavy atom. The summed E-state index contributed by atoms with van der Waals surface area (Å²) in [7, 11) is -3.73. The van der Waals surface area contributed by atoms with Crippen LogP contribution in [-0.2, 0) is 21.2 Å². The molecule has 1 amide bonds. The van der Waals surface area contributed by atoms with Crippen molar-refractivity contribution in [2.24, 2.45) is 0 Å². The minimum Gasteiger partial charge on any atom is -0.312 e. The number of nitrogens with zero attached hydrogens (tertiary/aromatic N) is 3. The fourth-order valence-electron chi connectivity index (χ4n) is 2.86. The number of benzene rings is 1. The number of fused-ring (bicyclic) bond motifs is 1. The molecule has 0 unspecified atom stereocenters. The highest BCUT2D eigenvalue weighted by Gasteiger charge is 2.24. The molecular weight excluding hydrogens is 360 g/mol. The van der Waals surface area contributed by atoms with Gasteiger partial charge < -0.3 is 4.90 Å². The molecule has 0 fully saturated rings. The molecule has 0 saturated carbocycles. The third-order valence-electron chi connectivity index (χ3n) is 3.99. The van der Waals surface area contributed by atoms with Gasteiger partial charge in [-0.3, -0.25) is 9.52 Å². The lowest BCUT2D eigenvalue weighted by Gasteiger charge is -2.30. The van der Waals surface area contributed by atoms with Crippen LogP contribution in [0.15, 0.2) is 23.1 Å². The molecule has 1 N–H and O–H groups in total. The van der Waals surface area contributed by atoms with Gasteiger partial charge in [-0.1, -0.05) is 18.3 Å². The highest BCUT2D eigenvalue weighted by Crippen LogP contribution is 2.31. The van der Waals surface area contributed by atoms with Crippen molar-refractivity contribution in [3.63, 3.8) is 0 Å². The van der Waals surface area contributed by atoms with Crippen molar-refractivity contribution in [1.82, 2.24) is 10.2 Å². The molecule has 1 aliphatic heterocycles. The quantitative estimate of drug-likeness (QED) is 0.861. The molecule has 25 heavy (non-hydrogen) atoms. The summed E-state index contributed by atoms with van der Waals surface area (Å²) in [5, 5.41) is 8.54. The van der Waals surface area contributed by atoms with Crippen molar-refractivity contribution in [2.75, 3.05) is 16.2 Å². The van der Waals surface area contributed by atoms with Gasteiger partial charge in [0.1, 0.15) is 5.01 Å². The molecule has 0 spiro atoms. The van der Waals surface area contributed by atoms with Crippen LogP contribution in [0.5, 0.6) is 0 Å². The van der Waals surface area contributed by atoms with Crippen LogP contribution in [-0.4, -0.2) is 31.1 Å². The first-order valence-electron chi connectivity index (χ1n) is 8.17. The summed E-state index contributed by atoms with van der Waals surface area (Å²) in [6.45, 7) is 4.41. The van der Waals surface area contributed by atoms with Gasteiger partial charge in [0.25, 0.3) is 10.0 Å². The molecule has 134 valence electrons. The number of sulfonamides is 1. The Bertz CT molecular complexity index is 893. The van der Waals surface area contributed by atoms with E-state index in [4.69, 9.17) is 0 Å². The first-order valence-corrected chi connectivity index (χ1v) is 10.5. The Hall–Kier alpha value is -2.00. The van der Waals surface area contributed by atoms with Gasteiger partial charge in [-0.15, -0.1) is 10.2 Å². The molecule has 3 rings (SSSR count). The molecule has 9 heteroatoms. The Morgan fingerprint density at radius 1 is 1.36 bits per heavy atom. The van der Waals surface area contributed by atoms with Crippen LogP contribution in [0.1, 0.15) is 36.8 Å². The van der Waals surface area contributed by atoms with Crippen molar-refractivity contribution >= 4 is 38.1 Å². The maximum atomic E-state index is 12.6. The molecule has 7 nitrogen and oxygen atoms in total. The van der Waals surface area contributed by atoms with Gasteiger partial charge in [0.15, 0.2) is 0 Å². The van der Waals surface area contributed by atoms with Crippen molar-refractivity contribution in [3.8, 4) is 0 Å². The fraction of sp³-hybridized carbons (Fsp3) is 0.438. The van der Waals surface area contributed by atoms with Crippen molar-refractivity contribution < 1.29 is 13.2 Å². The van der Waals surface area contributed by atoms with E-state index in [2.05, 4.69) is 14.9 Å². The summed E-state index contributed by atoms with van der Waals surface area (Å²) in [6, 6.07) is 4.91. The zero-order chi connectivity index (χ0) is 18.0. The largest absolute Gasteiger partial charge is 0.312 e. The highest BCUT2D eigenvalue weighted by molar-refractivity contribution is 7.93. The SMILES string of the molecule is CCCC(=O)N1CCCc2cc(S(=O)(=O)Nc3nnc(C)s3)ccc21. The summed E-state index contributed by atoms with van der Waals surface area (Å²) in [6.07, 6.45) is 2.88. The number of carbonyl (C=O) groups is 1. The number of hydrogen-bond acceptors (Lipinski definition) is 6. The van der Waals surface area contributed by atoms with Gasteiger partial charge in [0, 0.05) is 18.7 Å². The first-order chi connectivity index (χ1) is 11.9. The molecule has 0 saturated heterocycles. The van der Waals surface area contributed by atoms with Crippen LogP contribution in [0, 0.1) is 6.92 Å². The van der Waals surface area contributed by atoms with E-state index in [-0.39, 0.29) is 15.9 Å². The molecule has 1 aromatic heterocycles. The average Bonchev–Trinajstić information content (AvgIpc) is 2.98. The Balaban J connectivity index is 1.88. The fourth-order valence-corrected chi connectivity index (χ4v) is 4.73. The maximum Gasteiger partial charge on any atom is 0.263 e. The summed E-state index contributed by atoms with van der Waals surface area (Å²) in [4.78, 5) is 14.2. The summed E-state index contributed by atoms with van der Waals surface area (Å²) < 4.78 is 27.6. The third-order valence-corrected chi connectivity index (χ3v) is 6.21. The van der Waals surface area contributed by atoms with Crippen LogP contribution in [0.2, 0.25) is 0 Å². The Labute approximate surface area is 151 Å². The van der Waals surface area contributed by atoms with Gasteiger partial charge in [0.05, 0.1) is 4.90 Å². The number of rotatable bonds is 5. The smallest absolute Gasteiger partial charge is 0.263 e. The number of aryl methyl sites for hydroxylation is 2. The van der Waals surface area contributed by atoms with E-state index in [9.17, 15) is 13.2 Å². The second-order valence-electron chi connectivity index (χ2n) is 5.92. The number of nitrogens with one attached hydrogen (secondary N) is 1. The van der Waals surface area contributed by atoms with Gasteiger partial charge in [-0.25, -0.2) is 8.42 Å². The molecular formula is C16H20N4O3S2. The van der Waals surface area contributed by atoms with Crippen molar-refractivity contribution in [1.29, 1.82) is 0 Å². The van der Waals surface area contributed by atoms with E-state index >= 15 is 0 Å². The molecule has 0 radical (unpaired) electrons. The van der Waals surface area contributed by atoms with Gasteiger partial charge in [0.2, 0.25) is 11.0 Å². The lowest BCUT2D eigenvalue weighted by Crippen LogP contribution is -2.35. The number of carbonyl (C=O) groups excluding carboxylic acids is 1. The van der Waals surface area contributed by atoms with Gasteiger partial charge in [-0.05, 0) is 49.9 Å². The summed E-state index contributed by atoms with van der Waals surface area (Å²) in [5.41, 5.74) is 1.70. The van der Waals surface area contributed by atoms with Gasteiger partial charge in [-0.2, -0.15) is 0 Å². The van der Waals surface area contributed by atoms with Crippen LogP contribution in [0.25, 0.3) is 0 Å². The first kappa shape index (κ1) is 17.8. The third kappa shape index (κ3) is 3.82. The molecule has 0 atom stereocenters. The number of anilines is 2. The highest BCUT2D eigenvalue weighted by atomic mass is 32.2. The molecule has 1 aliphatic rings. The van der Waals surface area contributed by atoms with Crippen LogP contribution in [0.3, 0.4) is 0 Å². The lowest BCUT2D eigenvalue weighted by molar-refractivity contribution is -0.118. The predicted molar refractivity (Wildman–Crippen MR) is 97.5 cm³/mol.